The highest BCUT2D eigenvalue weighted by atomic mass is 19.1. The van der Waals surface area contributed by atoms with Crippen LogP contribution in [-0.2, 0) is 14.3 Å². The zero-order chi connectivity index (χ0) is 38.5. The van der Waals surface area contributed by atoms with E-state index in [0.29, 0.717) is 51.2 Å². The molecular formula is C40H41FN8O6. The molecule has 3 aromatic heterocycles. The predicted octanol–water partition coefficient (Wildman–Crippen LogP) is 5.49. The van der Waals surface area contributed by atoms with Crippen LogP contribution in [-0.4, -0.2) is 86.6 Å². The van der Waals surface area contributed by atoms with Crippen LogP contribution in [0.25, 0.3) is 55.2 Å². The van der Waals surface area contributed by atoms with Gasteiger partial charge in [0.25, 0.3) is 0 Å². The first kappa shape index (κ1) is 35.9. The highest BCUT2D eigenvalue weighted by molar-refractivity contribution is 6.09. The highest BCUT2D eigenvalue weighted by Gasteiger charge is 2.41. The Labute approximate surface area is 314 Å². The second-order valence-electron chi connectivity index (χ2n) is 14.5. The van der Waals surface area contributed by atoms with Gasteiger partial charge in [-0.1, -0.05) is 32.0 Å². The first-order valence-electron chi connectivity index (χ1n) is 18.4. The molecule has 0 spiro atoms. The maximum Gasteiger partial charge on any atom is 0.407 e. The number of likely N-dealkylation sites (tertiary alicyclic amines) is 2. The van der Waals surface area contributed by atoms with Crippen molar-refractivity contribution in [3.05, 3.63) is 82.8 Å². The number of nitrogens with zero attached hydrogens (tertiary/aromatic N) is 4. The number of H-pyrrole nitrogens is 2. The van der Waals surface area contributed by atoms with Gasteiger partial charge in [-0.3, -0.25) is 14.4 Å². The monoisotopic (exact) mass is 748 g/mol. The number of nitrogens with one attached hydrogen (secondary N) is 3. The quantitative estimate of drug-likeness (QED) is 0.115. The van der Waals surface area contributed by atoms with E-state index in [-0.39, 0.29) is 42.8 Å². The highest BCUT2D eigenvalue weighted by Crippen LogP contribution is 2.36. The molecule has 55 heavy (non-hydrogen) atoms. The molecule has 2 saturated heterocycles. The smallest absolute Gasteiger partial charge is 0.407 e. The number of nitrogens with two attached hydrogens (primary N) is 1. The molecule has 15 heteroatoms. The minimum atomic E-state index is -1.26. The number of rotatable bonds is 8. The summed E-state index contributed by atoms with van der Waals surface area (Å²) in [4.78, 5) is 71.1. The van der Waals surface area contributed by atoms with Gasteiger partial charge in [-0.15, -0.1) is 0 Å². The van der Waals surface area contributed by atoms with Crippen LogP contribution in [0.5, 0.6) is 0 Å². The van der Waals surface area contributed by atoms with Crippen molar-refractivity contribution in [1.29, 1.82) is 0 Å². The first-order chi connectivity index (χ1) is 26.5. The van der Waals surface area contributed by atoms with Crippen LogP contribution in [0.4, 0.5) is 9.18 Å². The standard InChI is InChI=1S/C40H41FN8O6/c1-20(2)35(47-40(53)54-3)39(52)49-19-24(41)15-30(49)38-44-17-27(46-38)22-6-9-25-21(13-22)7-11-32-34(25)36(51)26-14-23(8-10-31(26)55-32)28-18-43-37(45-28)29-5-4-12-48(29)33(50)16-42/h6-11,13-14,17-18,20,24,29-30,35H,4-5,12,15-16,19,42H2,1-3H3,(H,43,45)(H,44,46)(H,47,53)/t24-,29+,30+,35+/m1/s1. The van der Waals surface area contributed by atoms with Crippen molar-refractivity contribution < 1.29 is 27.9 Å². The van der Waals surface area contributed by atoms with Gasteiger partial charge in [0.15, 0.2) is 0 Å². The third-order valence-electron chi connectivity index (χ3n) is 10.8. The molecule has 2 fully saturated rings. The minimum Gasteiger partial charge on any atom is -0.456 e. The van der Waals surface area contributed by atoms with Crippen LogP contribution in [0.3, 0.4) is 0 Å². The van der Waals surface area contributed by atoms with Crippen LogP contribution in [0.1, 0.15) is 56.8 Å². The normalized spacial score (nSPS) is 19.2. The van der Waals surface area contributed by atoms with Crippen LogP contribution < -0.4 is 16.5 Å². The number of amides is 3. The molecule has 8 rings (SSSR count). The van der Waals surface area contributed by atoms with Gasteiger partial charge in [0, 0.05) is 24.1 Å². The number of ether oxygens (including phenoxy) is 1. The molecule has 0 bridgehead atoms. The molecule has 0 aliphatic carbocycles. The Morgan fingerprint density at radius 1 is 0.964 bits per heavy atom. The molecule has 5 heterocycles. The Hall–Kier alpha value is -6.09. The van der Waals surface area contributed by atoms with Crippen molar-refractivity contribution in [1.82, 2.24) is 35.1 Å². The van der Waals surface area contributed by atoms with E-state index < -0.39 is 30.3 Å². The van der Waals surface area contributed by atoms with Gasteiger partial charge in [-0.05, 0) is 59.9 Å². The summed E-state index contributed by atoms with van der Waals surface area (Å²) in [5.74, 6) is 0.323. The van der Waals surface area contributed by atoms with Crippen LogP contribution in [0.2, 0.25) is 0 Å². The number of halogens is 1. The van der Waals surface area contributed by atoms with Crippen molar-refractivity contribution in [3.8, 4) is 22.5 Å². The number of aromatic amines is 2. The third-order valence-corrected chi connectivity index (χ3v) is 10.8. The van der Waals surface area contributed by atoms with E-state index in [0.717, 1.165) is 35.0 Å². The average Bonchev–Trinajstić information content (AvgIpc) is 4.02. The Bertz CT molecular complexity index is 2530. The molecule has 14 nitrogen and oxygen atoms in total. The van der Waals surface area contributed by atoms with Crippen molar-refractivity contribution >= 4 is 50.6 Å². The lowest BCUT2D eigenvalue weighted by Gasteiger charge is -2.29. The summed E-state index contributed by atoms with van der Waals surface area (Å²) in [6, 6.07) is 13.1. The van der Waals surface area contributed by atoms with E-state index in [4.69, 9.17) is 14.9 Å². The van der Waals surface area contributed by atoms with E-state index >= 15 is 0 Å². The summed E-state index contributed by atoms with van der Waals surface area (Å²) in [6.45, 7) is 4.06. The first-order valence-corrected chi connectivity index (χ1v) is 18.4. The number of carbonyl (C=O) groups is 3. The molecular weight excluding hydrogens is 707 g/mol. The second-order valence-corrected chi connectivity index (χ2v) is 14.5. The molecule has 2 aliphatic heterocycles. The molecule has 0 saturated carbocycles. The van der Waals surface area contributed by atoms with Gasteiger partial charge in [0.1, 0.15) is 35.0 Å². The van der Waals surface area contributed by atoms with Crippen molar-refractivity contribution in [2.75, 3.05) is 26.7 Å². The number of hydrogen-bond acceptors (Lipinski definition) is 9. The van der Waals surface area contributed by atoms with E-state index in [1.54, 1.807) is 49.3 Å². The van der Waals surface area contributed by atoms with E-state index in [2.05, 4.69) is 25.3 Å². The van der Waals surface area contributed by atoms with Crippen LogP contribution in [0, 0.1) is 5.92 Å². The van der Waals surface area contributed by atoms with Crippen molar-refractivity contribution in [2.24, 2.45) is 11.7 Å². The average molecular weight is 749 g/mol. The molecule has 284 valence electrons. The molecule has 3 amide bonds. The number of methoxy groups -OCH3 is 1. The SMILES string of the molecule is COC(=O)N[C@H](C(=O)N1C[C@H](F)C[C@H]1c1ncc(-c2ccc3c(ccc4oc5ccc(-c6cnc([C@@H]7CCCN7C(=O)CN)[nH]6)cc5c(=O)c43)c2)[nH]1)C(C)C. The molecule has 0 unspecified atom stereocenters. The Kier molecular flexibility index (Phi) is 9.33. The second kappa shape index (κ2) is 14.3. The molecule has 2 aliphatic rings. The summed E-state index contributed by atoms with van der Waals surface area (Å²) < 4.78 is 25.8. The maximum atomic E-state index is 14.8. The fourth-order valence-corrected chi connectivity index (χ4v) is 7.95. The van der Waals surface area contributed by atoms with Gasteiger partial charge in [0.2, 0.25) is 17.2 Å². The number of imidazole rings is 2. The number of fused-ring (bicyclic) bond motifs is 4. The molecule has 4 atom stereocenters. The number of hydrogen-bond donors (Lipinski definition) is 4. The van der Waals surface area contributed by atoms with Gasteiger partial charge in [0.05, 0.1) is 66.8 Å². The number of alkyl carbamates (subject to hydrolysis) is 1. The van der Waals surface area contributed by atoms with E-state index in [1.807, 2.05) is 30.3 Å². The van der Waals surface area contributed by atoms with E-state index in [9.17, 15) is 23.6 Å². The fraction of sp³-hybridized carbons (Fsp3) is 0.350. The van der Waals surface area contributed by atoms with Crippen LogP contribution in [0.15, 0.2) is 70.1 Å². The summed E-state index contributed by atoms with van der Waals surface area (Å²) in [7, 11) is 1.22. The summed E-state index contributed by atoms with van der Waals surface area (Å²) >= 11 is 0. The van der Waals surface area contributed by atoms with E-state index in [1.165, 1.54) is 12.0 Å². The summed E-state index contributed by atoms with van der Waals surface area (Å²) in [5.41, 5.74) is 9.27. The Balaban J connectivity index is 1.09. The lowest BCUT2D eigenvalue weighted by atomic mass is 10.00. The molecule has 5 N–H and O–H groups in total. The number of carbonyl (C=O) groups excluding carboxylic acids is 3. The largest absolute Gasteiger partial charge is 0.456 e. The number of aromatic nitrogens is 4. The topological polar surface area (TPSA) is 193 Å². The Morgan fingerprint density at radius 2 is 1.65 bits per heavy atom. The number of benzene rings is 3. The lowest BCUT2D eigenvalue weighted by Crippen LogP contribution is -2.51. The molecule has 3 aromatic carbocycles. The molecule has 6 aromatic rings. The van der Waals surface area contributed by atoms with Crippen LogP contribution >= 0.6 is 0 Å². The Morgan fingerprint density at radius 3 is 2.36 bits per heavy atom. The molecule has 0 radical (unpaired) electrons. The zero-order valence-corrected chi connectivity index (χ0v) is 30.6. The predicted molar refractivity (Wildman–Crippen MR) is 204 cm³/mol. The fourth-order valence-electron chi connectivity index (χ4n) is 7.95. The van der Waals surface area contributed by atoms with Gasteiger partial charge in [-0.2, -0.15) is 0 Å². The maximum absolute atomic E-state index is 14.8. The minimum absolute atomic E-state index is 0.0535. The van der Waals surface area contributed by atoms with Gasteiger partial charge < -0.3 is 40.0 Å². The van der Waals surface area contributed by atoms with Gasteiger partial charge in [-0.25, -0.2) is 19.2 Å². The zero-order valence-electron chi connectivity index (χ0n) is 30.6. The lowest BCUT2D eigenvalue weighted by molar-refractivity contribution is -0.135. The summed E-state index contributed by atoms with van der Waals surface area (Å²) in [6.07, 6.45) is 3.08. The number of alkyl halides is 1. The van der Waals surface area contributed by atoms with Gasteiger partial charge >= 0.3 is 6.09 Å². The summed E-state index contributed by atoms with van der Waals surface area (Å²) in [5, 5.41) is 4.95. The van der Waals surface area contributed by atoms with Crippen molar-refractivity contribution in [2.45, 2.75) is 57.4 Å². The third kappa shape index (κ3) is 6.47. The van der Waals surface area contributed by atoms with Crippen molar-refractivity contribution in [3.63, 3.8) is 0 Å².